The molecule has 8 atom stereocenters. The van der Waals surface area contributed by atoms with Crippen molar-refractivity contribution in [2.45, 2.75) is 136 Å². The lowest BCUT2D eigenvalue weighted by Gasteiger charge is -2.60. The van der Waals surface area contributed by atoms with Crippen LogP contribution in [0, 0.1) is 17.3 Å². The summed E-state index contributed by atoms with van der Waals surface area (Å²) in [6.45, 7) is 17.0. The van der Waals surface area contributed by atoms with Crippen LogP contribution in [-0.2, 0) is 25.5 Å². The molecular formula is C33H50O8. The van der Waals surface area contributed by atoms with Crippen LogP contribution >= 0.6 is 0 Å². The molecule has 230 valence electrons. The third-order valence-electron chi connectivity index (χ3n) is 10.3. The van der Waals surface area contributed by atoms with Crippen molar-refractivity contribution in [3.05, 3.63) is 17.2 Å². The van der Waals surface area contributed by atoms with E-state index in [2.05, 4.69) is 27.7 Å². The second kappa shape index (κ2) is 11.4. The molecule has 0 unspecified atom stereocenters. The van der Waals surface area contributed by atoms with E-state index < -0.39 is 23.3 Å². The Morgan fingerprint density at radius 2 is 1.83 bits per heavy atom. The number of carbonyl (C=O) groups excluding carboxylic acids is 2. The van der Waals surface area contributed by atoms with Crippen molar-refractivity contribution in [3.63, 3.8) is 0 Å². The van der Waals surface area contributed by atoms with E-state index in [9.17, 15) is 14.7 Å². The van der Waals surface area contributed by atoms with Gasteiger partial charge in [-0.1, -0.05) is 34.1 Å². The Morgan fingerprint density at radius 3 is 2.39 bits per heavy atom. The van der Waals surface area contributed by atoms with Crippen LogP contribution in [0.4, 0.5) is 0 Å². The summed E-state index contributed by atoms with van der Waals surface area (Å²) in [6, 6.07) is 1.93. The summed E-state index contributed by atoms with van der Waals surface area (Å²) in [5, 5.41) is 10.7. The topological polar surface area (TPSA) is 101 Å². The molecule has 41 heavy (non-hydrogen) atoms. The van der Waals surface area contributed by atoms with Crippen molar-refractivity contribution in [2.24, 2.45) is 17.3 Å². The fraction of sp³-hybridized carbons (Fsp3) is 0.758. The summed E-state index contributed by atoms with van der Waals surface area (Å²) in [5.74, 6) is 0.729. The molecule has 1 saturated heterocycles. The molecule has 1 saturated carbocycles. The van der Waals surface area contributed by atoms with E-state index in [0.717, 1.165) is 43.2 Å². The highest BCUT2D eigenvalue weighted by atomic mass is 16.6. The van der Waals surface area contributed by atoms with Crippen molar-refractivity contribution in [1.29, 1.82) is 0 Å². The lowest BCUT2D eigenvalue weighted by atomic mass is 9.54. The molecule has 4 rings (SSSR count). The molecule has 0 radical (unpaired) electrons. The fourth-order valence-corrected chi connectivity index (χ4v) is 7.70. The van der Waals surface area contributed by atoms with Gasteiger partial charge in [-0.2, -0.15) is 0 Å². The smallest absolute Gasteiger partial charge is 0.308 e. The van der Waals surface area contributed by atoms with E-state index in [4.69, 9.17) is 23.7 Å². The lowest BCUT2D eigenvalue weighted by Crippen LogP contribution is -2.63. The highest BCUT2D eigenvalue weighted by Crippen LogP contribution is 2.61. The maximum absolute atomic E-state index is 12.4. The van der Waals surface area contributed by atoms with Crippen molar-refractivity contribution in [2.75, 3.05) is 7.11 Å². The van der Waals surface area contributed by atoms with Crippen molar-refractivity contribution in [1.82, 2.24) is 0 Å². The second-order valence-corrected chi connectivity index (χ2v) is 13.7. The van der Waals surface area contributed by atoms with Crippen LogP contribution in [0.3, 0.4) is 0 Å². The van der Waals surface area contributed by atoms with Gasteiger partial charge in [-0.3, -0.25) is 9.59 Å². The average molecular weight is 575 g/mol. The molecule has 1 aromatic carbocycles. The molecule has 8 heteroatoms. The van der Waals surface area contributed by atoms with Crippen LogP contribution in [0.25, 0.3) is 0 Å². The lowest BCUT2D eigenvalue weighted by molar-refractivity contribution is -0.238. The summed E-state index contributed by atoms with van der Waals surface area (Å²) in [5.41, 5.74) is 0.0186. The van der Waals surface area contributed by atoms with Crippen LogP contribution in [-0.4, -0.2) is 53.7 Å². The highest BCUT2D eigenvalue weighted by molar-refractivity contribution is 5.73. The molecule has 0 bridgehead atoms. The van der Waals surface area contributed by atoms with Gasteiger partial charge in [-0.05, 0) is 64.9 Å². The zero-order valence-electron chi connectivity index (χ0n) is 26.6. The minimum absolute atomic E-state index is 0.00847. The van der Waals surface area contributed by atoms with Gasteiger partial charge in [0.1, 0.15) is 17.5 Å². The Kier molecular flexibility index (Phi) is 8.79. The minimum Gasteiger partial charge on any atom is -0.496 e. The quantitative estimate of drug-likeness (QED) is 0.292. The summed E-state index contributed by atoms with van der Waals surface area (Å²) < 4.78 is 31.2. The monoisotopic (exact) mass is 574 g/mol. The van der Waals surface area contributed by atoms with Gasteiger partial charge in [0.2, 0.25) is 0 Å². The minimum atomic E-state index is -0.897. The number of methoxy groups -OCH3 is 1. The molecule has 2 fully saturated rings. The normalized spacial score (nSPS) is 31.3. The predicted molar refractivity (Wildman–Crippen MR) is 155 cm³/mol. The van der Waals surface area contributed by atoms with Gasteiger partial charge in [-0.25, -0.2) is 0 Å². The maximum atomic E-state index is 12.4. The van der Waals surface area contributed by atoms with Crippen molar-refractivity contribution >= 4 is 11.9 Å². The van der Waals surface area contributed by atoms with E-state index in [0.29, 0.717) is 23.7 Å². The molecule has 1 N–H and O–H groups in total. The third kappa shape index (κ3) is 5.83. The maximum Gasteiger partial charge on any atom is 0.308 e. The summed E-state index contributed by atoms with van der Waals surface area (Å²) in [7, 11) is 1.64. The van der Waals surface area contributed by atoms with E-state index in [1.54, 1.807) is 7.11 Å². The SMILES string of the molecule is CC[C@H](C)[C@@H](OC(C)=O)[C@@H](C)c1cc(OC)c2c(c1OC(C)=O)O[C@@]1(C)CC[C@H]3O[C@@H](C(C)(C)O)CC[C@]3(C)[C@H]1C2. The number of hydrogen-bond donors (Lipinski definition) is 1. The number of aliphatic hydroxyl groups is 1. The van der Waals surface area contributed by atoms with Crippen LogP contribution in [0.1, 0.15) is 111 Å². The molecule has 1 aromatic rings. The number of hydrogen-bond acceptors (Lipinski definition) is 8. The van der Waals surface area contributed by atoms with Gasteiger partial charge in [0.25, 0.3) is 0 Å². The van der Waals surface area contributed by atoms with Gasteiger partial charge in [0.05, 0.1) is 24.9 Å². The van der Waals surface area contributed by atoms with Crippen LogP contribution < -0.4 is 14.2 Å². The number of carbonyl (C=O) groups is 2. The first-order valence-electron chi connectivity index (χ1n) is 15.2. The second-order valence-electron chi connectivity index (χ2n) is 13.7. The molecule has 1 aliphatic carbocycles. The summed E-state index contributed by atoms with van der Waals surface area (Å²) >= 11 is 0. The van der Waals surface area contributed by atoms with Crippen molar-refractivity contribution < 1.29 is 38.4 Å². The van der Waals surface area contributed by atoms with Gasteiger partial charge >= 0.3 is 11.9 Å². The largest absolute Gasteiger partial charge is 0.496 e. The van der Waals surface area contributed by atoms with Gasteiger partial charge in [0.15, 0.2) is 11.5 Å². The Bertz CT molecular complexity index is 1150. The zero-order valence-corrected chi connectivity index (χ0v) is 26.6. The summed E-state index contributed by atoms with van der Waals surface area (Å²) in [4.78, 5) is 24.5. The Hall–Kier alpha value is -2.32. The molecule has 8 nitrogen and oxygen atoms in total. The first kappa shape index (κ1) is 31.6. The van der Waals surface area contributed by atoms with Crippen molar-refractivity contribution in [3.8, 4) is 17.2 Å². The van der Waals surface area contributed by atoms with Gasteiger partial charge in [0, 0.05) is 42.2 Å². The molecule has 0 spiro atoms. The number of ether oxygens (including phenoxy) is 5. The average Bonchev–Trinajstić information content (AvgIpc) is 2.89. The standard InChI is InChI=1S/C33H50O8/c1-11-18(2)28(38-20(4)34)19(3)22-16-24(37-10)23-17-25-32(8)14-12-26(31(6,7)36)40-27(32)13-15-33(25,9)41-30(23)29(22)39-21(5)35/h16,18-19,25-28,36H,11-15,17H2,1-10H3/t18-,19-,25+,26+,27+,28+,32+,33-/m0/s1. The zero-order chi connectivity index (χ0) is 30.5. The fourth-order valence-electron chi connectivity index (χ4n) is 7.70. The first-order chi connectivity index (χ1) is 19.1. The number of rotatable bonds is 8. The van der Waals surface area contributed by atoms with E-state index in [1.807, 2.05) is 26.8 Å². The van der Waals surface area contributed by atoms with E-state index in [-0.39, 0.29) is 41.3 Å². The number of fused-ring (bicyclic) bond motifs is 4. The number of benzene rings is 1. The molecule has 3 aliphatic rings. The van der Waals surface area contributed by atoms with Crippen LogP contribution in [0.5, 0.6) is 17.2 Å². The van der Waals surface area contributed by atoms with E-state index in [1.165, 1.54) is 13.8 Å². The predicted octanol–water partition coefficient (Wildman–Crippen LogP) is 6.13. The summed E-state index contributed by atoms with van der Waals surface area (Å²) in [6.07, 6.45) is 4.15. The van der Waals surface area contributed by atoms with E-state index >= 15 is 0 Å². The van der Waals surface area contributed by atoms with Gasteiger partial charge < -0.3 is 28.8 Å². The molecule has 2 heterocycles. The third-order valence-corrected chi connectivity index (χ3v) is 10.3. The van der Waals surface area contributed by atoms with Gasteiger partial charge in [-0.15, -0.1) is 0 Å². The Balaban J connectivity index is 1.81. The highest BCUT2D eigenvalue weighted by Gasteiger charge is 2.60. The molecular weight excluding hydrogens is 524 g/mol. The Labute approximate surface area is 245 Å². The number of esters is 2. The molecule has 2 aliphatic heterocycles. The van der Waals surface area contributed by atoms with Crippen LogP contribution in [0.2, 0.25) is 0 Å². The van der Waals surface area contributed by atoms with Crippen LogP contribution in [0.15, 0.2) is 6.07 Å². The molecule has 0 amide bonds. The first-order valence-corrected chi connectivity index (χ1v) is 15.2. The molecule has 0 aromatic heterocycles. The Morgan fingerprint density at radius 1 is 1.15 bits per heavy atom.